The second-order valence-corrected chi connectivity index (χ2v) is 6.06. The fourth-order valence-corrected chi connectivity index (χ4v) is 2.85. The van der Waals surface area contributed by atoms with E-state index in [-0.39, 0.29) is 27.7 Å². The van der Waals surface area contributed by atoms with Crippen molar-refractivity contribution < 1.29 is 29.0 Å². The van der Waals surface area contributed by atoms with Crippen LogP contribution in [0.5, 0.6) is 11.5 Å². The van der Waals surface area contributed by atoms with Crippen molar-refractivity contribution in [3.05, 3.63) is 58.8 Å². The second kappa shape index (κ2) is 7.61. The maximum atomic E-state index is 12.8. The molecule has 0 fully saturated rings. The van der Waals surface area contributed by atoms with Gasteiger partial charge in [-0.2, -0.15) is 0 Å². The van der Waals surface area contributed by atoms with Crippen molar-refractivity contribution in [3.63, 3.8) is 0 Å². The van der Waals surface area contributed by atoms with Gasteiger partial charge in [-0.3, -0.25) is 9.59 Å². The maximum absolute atomic E-state index is 12.8. The number of amides is 2. The Labute approximate surface area is 164 Å². The number of carbonyl (C=O) groups excluding carboxylic acids is 2. The van der Waals surface area contributed by atoms with Crippen LogP contribution in [0, 0.1) is 0 Å². The Morgan fingerprint density at radius 3 is 2.29 bits per heavy atom. The Kier molecular flexibility index (Phi) is 5.23. The summed E-state index contributed by atoms with van der Waals surface area (Å²) >= 11 is 6.10. The number of hydrogen-bond acceptors (Lipinski definition) is 6. The lowest BCUT2D eigenvalue weighted by Gasteiger charge is -2.18. The van der Waals surface area contributed by atoms with Gasteiger partial charge in [0.05, 0.1) is 25.5 Å². The minimum absolute atomic E-state index is 0.0871. The van der Waals surface area contributed by atoms with Crippen LogP contribution in [0.3, 0.4) is 0 Å². The molecule has 28 heavy (non-hydrogen) atoms. The van der Waals surface area contributed by atoms with Crippen molar-refractivity contribution in [1.82, 2.24) is 0 Å². The highest BCUT2D eigenvalue weighted by molar-refractivity contribution is 6.53. The van der Waals surface area contributed by atoms with Crippen LogP contribution in [-0.2, 0) is 9.59 Å². The van der Waals surface area contributed by atoms with Crippen molar-refractivity contribution in [3.8, 4) is 11.5 Å². The quantitative estimate of drug-likeness (QED) is 0.715. The first-order valence-corrected chi connectivity index (χ1v) is 8.36. The smallest absolute Gasteiger partial charge is 0.335 e. The van der Waals surface area contributed by atoms with Crippen molar-refractivity contribution >= 4 is 40.8 Å². The number of nitrogens with one attached hydrogen (secondary N) is 1. The van der Waals surface area contributed by atoms with Crippen molar-refractivity contribution in [1.29, 1.82) is 0 Å². The molecule has 0 saturated carbocycles. The van der Waals surface area contributed by atoms with Gasteiger partial charge in [-0.05, 0) is 36.4 Å². The summed E-state index contributed by atoms with van der Waals surface area (Å²) in [7, 11) is 2.89. The Morgan fingerprint density at radius 2 is 1.71 bits per heavy atom. The number of rotatable bonds is 6. The van der Waals surface area contributed by atoms with E-state index in [2.05, 4.69) is 5.32 Å². The average molecular weight is 403 g/mol. The number of carbonyl (C=O) groups is 3. The van der Waals surface area contributed by atoms with Crippen LogP contribution in [0.25, 0.3) is 0 Å². The van der Waals surface area contributed by atoms with Crippen LogP contribution < -0.4 is 19.7 Å². The summed E-state index contributed by atoms with van der Waals surface area (Å²) in [5.41, 5.74) is 0.592. The Bertz CT molecular complexity index is 1000. The van der Waals surface area contributed by atoms with Gasteiger partial charge in [-0.1, -0.05) is 11.6 Å². The van der Waals surface area contributed by atoms with E-state index < -0.39 is 17.8 Å². The Hall–Kier alpha value is -3.52. The van der Waals surface area contributed by atoms with E-state index in [4.69, 9.17) is 26.2 Å². The molecule has 0 aromatic heterocycles. The second-order valence-electron chi connectivity index (χ2n) is 5.68. The fraction of sp³-hybridized carbons (Fsp3) is 0.105. The van der Waals surface area contributed by atoms with Crippen LogP contribution in [0.2, 0.25) is 0 Å². The molecule has 0 spiro atoms. The van der Waals surface area contributed by atoms with E-state index in [9.17, 15) is 14.4 Å². The van der Waals surface area contributed by atoms with E-state index in [1.54, 1.807) is 12.1 Å². The number of hydrogen-bond donors (Lipinski definition) is 2. The zero-order chi connectivity index (χ0) is 20.4. The number of benzene rings is 2. The Morgan fingerprint density at radius 1 is 1.04 bits per heavy atom. The molecule has 2 aromatic carbocycles. The minimum Gasteiger partial charge on any atom is -0.497 e. The van der Waals surface area contributed by atoms with Gasteiger partial charge in [0.15, 0.2) is 0 Å². The van der Waals surface area contributed by atoms with Gasteiger partial charge in [0.25, 0.3) is 11.8 Å². The van der Waals surface area contributed by atoms with Crippen LogP contribution in [-0.4, -0.2) is 37.1 Å². The fourth-order valence-electron chi connectivity index (χ4n) is 2.64. The number of imide groups is 1. The molecule has 0 aliphatic carbocycles. The summed E-state index contributed by atoms with van der Waals surface area (Å²) in [5, 5.41) is 11.4. The normalized spacial score (nSPS) is 13.8. The highest BCUT2D eigenvalue weighted by Gasteiger charge is 2.40. The molecule has 0 bridgehead atoms. The molecule has 1 aliphatic rings. The van der Waals surface area contributed by atoms with Crippen LogP contribution >= 0.6 is 11.6 Å². The van der Waals surface area contributed by atoms with Gasteiger partial charge in [-0.15, -0.1) is 0 Å². The average Bonchev–Trinajstić information content (AvgIpc) is 2.91. The lowest BCUT2D eigenvalue weighted by Crippen LogP contribution is -2.32. The molecular formula is C19H15ClN2O6. The van der Waals surface area contributed by atoms with E-state index in [1.165, 1.54) is 44.6 Å². The molecular weight excluding hydrogens is 388 g/mol. The zero-order valence-corrected chi connectivity index (χ0v) is 15.6. The number of anilines is 2. The van der Waals surface area contributed by atoms with Gasteiger partial charge in [0.2, 0.25) is 0 Å². The van der Waals surface area contributed by atoms with Crippen LogP contribution in [0.15, 0.2) is 53.2 Å². The number of aromatic carboxylic acids is 1. The summed E-state index contributed by atoms with van der Waals surface area (Å²) < 4.78 is 10.4. The molecule has 144 valence electrons. The third-order valence-electron chi connectivity index (χ3n) is 4.06. The maximum Gasteiger partial charge on any atom is 0.335 e. The topological polar surface area (TPSA) is 105 Å². The van der Waals surface area contributed by atoms with Gasteiger partial charge >= 0.3 is 5.97 Å². The Balaban J connectivity index is 1.91. The molecule has 1 aliphatic heterocycles. The first kappa shape index (κ1) is 19.2. The highest BCUT2D eigenvalue weighted by atomic mass is 35.5. The number of ether oxygens (including phenoxy) is 2. The van der Waals surface area contributed by atoms with E-state index >= 15 is 0 Å². The number of nitrogens with zero attached hydrogens (tertiary/aromatic N) is 1. The largest absolute Gasteiger partial charge is 0.497 e. The molecule has 2 N–H and O–H groups in total. The lowest BCUT2D eigenvalue weighted by molar-refractivity contribution is -0.120. The van der Waals surface area contributed by atoms with Crippen LogP contribution in [0.4, 0.5) is 11.4 Å². The molecule has 3 rings (SSSR count). The third-order valence-corrected chi connectivity index (χ3v) is 4.41. The third kappa shape index (κ3) is 3.37. The first-order chi connectivity index (χ1) is 13.4. The molecule has 0 atom stereocenters. The van der Waals surface area contributed by atoms with Gasteiger partial charge < -0.3 is 19.9 Å². The van der Waals surface area contributed by atoms with Gasteiger partial charge in [-0.25, -0.2) is 9.69 Å². The molecule has 0 radical (unpaired) electrons. The van der Waals surface area contributed by atoms with E-state index in [0.29, 0.717) is 11.4 Å². The summed E-state index contributed by atoms with van der Waals surface area (Å²) in [6, 6.07) is 10.3. The zero-order valence-electron chi connectivity index (χ0n) is 14.9. The summed E-state index contributed by atoms with van der Waals surface area (Å²) in [5.74, 6) is -1.69. The predicted octanol–water partition coefficient (Wildman–Crippen LogP) is 2.84. The highest BCUT2D eigenvalue weighted by Crippen LogP contribution is 2.37. The number of methoxy groups -OCH3 is 2. The van der Waals surface area contributed by atoms with E-state index in [0.717, 1.165) is 4.90 Å². The van der Waals surface area contributed by atoms with Gasteiger partial charge in [0, 0.05) is 11.8 Å². The minimum atomic E-state index is -1.08. The first-order valence-electron chi connectivity index (χ1n) is 7.98. The molecule has 2 amide bonds. The standard InChI is InChI=1S/C19H15ClN2O6/c1-27-12-7-8-13(14(9-12)28-2)22-17(23)15(20)16(18(22)24)21-11-5-3-10(4-6-11)19(25)26/h3-9,21H,1-2H3,(H,25,26). The monoisotopic (exact) mass is 402 g/mol. The number of halogens is 1. The molecule has 0 unspecified atom stereocenters. The lowest BCUT2D eigenvalue weighted by atomic mass is 10.2. The molecule has 2 aromatic rings. The summed E-state index contributed by atoms with van der Waals surface area (Å²) in [6.45, 7) is 0. The van der Waals surface area contributed by atoms with Gasteiger partial charge in [0.1, 0.15) is 22.2 Å². The molecule has 0 saturated heterocycles. The molecule has 9 heteroatoms. The summed E-state index contributed by atoms with van der Waals surface area (Å²) in [4.78, 5) is 37.3. The van der Waals surface area contributed by atoms with Crippen molar-refractivity contribution in [2.45, 2.75) is 0 Å². The van der Waals surface area contributed by atoms with Crippen molar-refractivity contribution in [2.75, 3.05) is 24.4 Å². The van der Waals surface area contributed by atoms with Crippen LogP contribution in [0.1, 0.15) is 10.4 Å². The molecule has 1 heterocycles. The SMILES string of the molecule is COc1ccc(N2C(=O)C(Cl)=C(Nc3ccc(C(=O)O)cc3)C2=O)c(OC)c1. The number of carboxylic acids is 1. The van der Waals surface area contributed by atoms with E-state index in [1.807, 2.05) is 0 Å². The molecule has 8 nitrogen and oxygen atoms in total. The predicted molar refractivity (Wildman–Crippen MR) is 102 cm³/mol. The van der Waals surface area contributed by atoms with Crippen molar-refractivity contribution in [2.24, 2.45) is 0 Å². The number of carboxylic acid groups (broad SMARTS) is 1. The summed E-state index contributed by atoms with van der Waals surface area (Å²) in [6.07, 6.45) is 0.